The zero-order chi connectivity index (χ0) is 19.8. The van der Waals surface area contributed by atoms with E-state index in [-0.39, 0.29) is 11.2 Å². The summed E-state index contributed by atoms with van der Waals surface area (Å²) in [5, 5.41) is 11.5. The molecule has 1 aliphatic heterocycles. The fourth-order valence-corrected chi connectivity index (χ4v) is 5.15. The van der Waals surface area contributed by atoms with Gasteiger partial charge in [0.25, 0.3) is 0 Å². The van der Waals surface area contributed by atoms with Crippen LogP contribution in [0.3, 0.4) is 0 Å². The number of phenolic OH excluding ortho intramolecular Hbond substituents is 1. The summed E-state index contributed by atoms with van der Waals surface area (Å²) < 4.78 is 36.1. The molecule has 5 rings (SSSR count). The molecule has 2 aliphatic rings. The first-order chi connectivity index (χ1) is 13.2. The van der Waals surface area contributed by atoms with Crippen LogP contribution >= 0.6 is 0 Å². The van der Waals surface area contributed by atoms with Crippen molar-refractivity contribution in [2.75, 3.05) is 6.61 Å². The molecule has 1 fully saturated rings. The standard InChI is InChI=1S/C23H23F2NO2/c1-13-10-23(11-13)20-19-17(5-4-6-18(19)27)26(21(20)22(2,3)12-28-23)14-7-8-15(24)16(25)9-14/h4-9,13,27H,10-12H2,1-3H3/t13-,23+. The maximum atomic E-state index is 14.1. The number of fused-ring (bicyclic) bond motifs is 4. The first-order valence-corrected chi connectivity index (χ1v) is 9.70. The van der Waals surface area contributed by atoms with Gasteiger partial charge in [0.2, 0.25) is 0 Å². The fourth-order valence-electron chi connectivity index (χ4n) is 5.15. The van der Waals surface area contributed by atoms with Gasteiger partial charge in [0.1, 0.15) is 5.75 Å². The topological polar surface area (TPSA) is 34.4 Å². The Hall–Kier alpha value is -2.40. The first kappa shape index (κ1) is 17.7. The van der Waals surface area contributed by atoms with Crippen molar-refractivity contribution in [2.24, 2.45) is 5.92 Å². The van der Waals surface area contributed by atoms with E-state index < -0.39 is 17.2 Å². The number of phenols is 1. The number of hydrogen-bond acceptors (Lipinski definition) is 2. The third-order valence-electron chi connectivity index (χ3n) is 6.30. The molecule has 0 atom stereocenters. The van der Waals surface area contributed by atoms with E-state index >= 15 is 0 Å². The maximum Gasteiger partial charge on any atom is 0.160 e. The van der Waals surface area contributed by atoms with Gasteiger partial charge in [-0.2, -0.15) is 0 Å². The number of benzene rings is 2. The minimum atomic E-state index is -0.884. The van der Waals surface area contributed by atoms with E-state index in [0.29, 0.717) is 18.2 Å². The summed E-state index contributed by atoms with van der Waals surface area (Å²) in [6.45, 7) is 6.91. The highest BCUT2D eigenvalue weighted by Gasteiger charge is 2.54. The number of halogens is 2. The van der Waals surface area contributed by atoms with Crippen LogP contribution in [0.25, 0.3) is 16.6 Å². The Morgan fingerprint density at radius 2 is 1.86 bits per heavy atom. The molecule has 2 aromatic carbocycles. The highest BCUT2D eigenvalue weighted by molar-refractivity contribution is 5.94. The molecule has 146 valence electrons. The molecular formula is C23H23F2NO2. The molecule has 0 amide bonds. The molecule has 1 aromatic heterocycles. The van der Waals surface area contributed by atoms with E-state index in [1.54, 1.807) is 18.2 Å². The lowest BCUT2D eigenvalue weighted by Gasteiger charge is -2.52. The monoisotopic (exact) mass is 383 g/mol. The Balaban J connectivity index is 1.92. The zero-order valence-electron chi connectivity index (χ0n) is 16.2. The number of aromatic nitrogens is 1. The van der Waals surface area contributed by atoms with Crippen LogP contribution in [0.15, 0.2) is 36.4 Å². The van der Waals surface area contributed by atoms with Crippen LogP contribution in [0.4, 0.5) is 8.78 Å². The summed E-state index contributed by atoms with van der Waals surface area (Å²) in [6.07, 6.45) is 1.78. The van der Waals surface area contributed by atoms with Crippen LogP contribution < -0.4 is 0 Å². The van der Waals surface area contributed by atoms with Crippen molar-refractivity contribution in [1.82, 2.24) is 4.57 Å². The Bertz CT molecular complexity index is 1110. The number of hydrogen-bond donors (Lipinski definition) is 1. The van der Waals surface area contributed by atoms with Gasteiger partial charge in [0.05, 0.1) is 17.7 Å². The second-order valence-electron chi connectivity index (χ2n) is 9.01. The summed E-state index contributed by atoms with van der Waals surface area (Å²) in [6, 6.07) is 9.34. The summed E-state index contributed by atoms with van der Waals surface area (Å²) in [7, 11) is 0. The largest absolute Gasteiger partial charge is 0.507 e. The molecular weight excluding hydrogens is 360 g/mol. The molecule has 0 unspecified atom stereocenters. The number of rotatable bonds is 1. The fraction of sp³-hybridized carbons (Fsp3) is 0.391. The van der Waals surface area contributed by atoms with E-state index in [1.165, 1.54) is 6.07 Å². The Kier molecular flexibility index (Phi) is 3.52. The number of nitrogens with zero attached hydrogens (tertiary/aromatic N) is 1. The second-order valence-corrected chi connectivity index (χ2v) is 9.01. The van der Waals surface area contributed by atoms with Crippen molar-refractivity contribution < 1.29 is 18.6 Å². The van der Waals surface area contributed by atoms with Gasteiger partial charge < -0.3 is 14.4 Å². The summed E-state index contributed by atoms with van der Waals surface area (Å²) in [4.78, 5) is 0. The van der Waals surface area contributed by atoms with Crippen LogP contribution in [0.5, 0.6) is 5.75 Å². The van der Waals surface area contributed by atoms with Gasteiger partial charge in [-0.25, -0.2) is 8.78 Å². The zero-order valence-corrected chi connectivity index (χ0v) is 16.2. The van der Waals surface area contributed by atoms with Crippen LogP contribution in [-0.4, -0.2) is 16.3 Å². The van der Waals surface area contributed by atoms with Gasteiger partial charge in [-0.1, -0.05) is 26.8 Å². The van der Waals surface area contributed by atoms with Gasteiger partial charge >= 0.3 is 0 Å². The van der Waals surface area contributed by atoms with E-state index in [0.717, 1.165) is 41.1 Å². The van der Waals surface area contributed by atoms with Gasteiger partial charge in [-0.15, -0.1) is 0 Å². The van der Waals surface area contributed by atoms with Gasteiger partial charge in [-0.05, 0) is 43.0 Å². The van der Waals surface area contributed by atoms with Crippen molar-refractivity contribution in [1.29, 1.82) is 0 Å². The second kappa shape index (κ2) is 5.57. The highest BCUT2D eigenvalue weighted by atomic mass is 19.2. The van der Waals surface area contributed by atoms with Crippen molar-refractivity contribution in [3.05, 3.63) is 59.3 Å². The van der Waals surface area contributed by atoms with Crippen LogP contribution in [0, 0.1) is 17.6 Å². The lowest BCUT2D eigenvalue weighted by atomic mass is 9.64. The van der Waals surface area contributed by atoms with E-state index in [9.17, 15) is 13.9 Å². The Morgan fingerprint density at radius 3 is 2.54 bits per heavy atom. The van der Waals surface area contributed by atoms with Crippen LogP contribution in [0.2, 0.25) is 0 Å². The van der Waals surface area contributed by atoms with Crippen molar-refractivity contribution in [3.8, 4) is 11.4 Å². The molecule has 28 heavy (non-hydrogen) atoms. The Morgan fingerprint density at radius 1 is 1.11 bits per heavy atom. The smallest absolute Gasteiger partial charge is 0.160 e. The van der Waals surface area contributed by atoms with Crippen molar-refractivity contribution in [2.45, 2.75) is 44.6 Å². The van der Waals surface area contributed by atoms with Gasteiger partial charge in [-0.3, -0.25) is 0 Å². The highest BCUT2D eigenvalue weighted by Crippen LogP contribution is 2.58. The molecule has 3 nitrogen and oxygen atoms in total. The van der Waals surface area contributed by atoms with Gasteiger partial charge in [0.15, 0.2) is 11.6 Å². The first-order valence-electron chi connectivity index (χ1n) is 9.70. The van der Waals surface area contributed by atoms with Crippen molar-refractivity contribution >= 4 is 10.9 Å². The quantitative estimate of drug-likeness (QED) is 0.598. The molecule has 0 bridgehead atoms. The minimum absolute atomic E-state index is 0.190. The maximum absolute atomic E-state index is 14.1. The molecule has 0 radical (unpaired) electrons. The summed E-state index contributed by atoms with van der Waals surface area (Å²) >= 11 is 0. The number of ether oxygens (including phenoxy) is 1. The lowest BCUT2D eigenvalue weighted by molar-refractivity contribution is -0.155. The molecule has 1 N–H and O–H groups in total. The van der Waals surface area contributed by atoms with E-state index in [2.05, 4.69) is 20.8 Å². The molecule has 0 saturated heterocycles. The van der Waals surface area contributed by atoms with E-state index in [4.69, 9.17) is 4.74 Å². The van der Waals surface area contributed by atoms with Crippen LogP contribution in [0.1, 0.15) is 44.9 Å². The number of aromatic hydroxyl groups is 1. The minimum Gasteiger partial charge on any atom is -0.507 e. The average molecular weight is 383 g/mol. The Labute approximate surface area is 162 Å². The molecule has 3 aromatic rings. The SMILES string of the molecule is CC1(C)CO[C@]2(C[C@@H](C)C2)c2c1n(-c1ccc(F)c(F)c1)c1cccc(O)c12. The summed E-state index contributed by atoms with van der Waals surface area (Å²) in [5.74, 6) is -1.02. The molecule has 1 saturated carbocycles. The van der Waals surface area contributed by atoms with Crippen LogP contribution in [-0.2, 0) is 15.8 Å². The summed E-state index contributed by atoms with van der Waals surface area (Å²) in [5.41, 5.74) is 2.57. The third kappa shape index (κ3) is 2.23. The normalized spacial score (nSPS) is 25.7. The predicted octanol–water partition coefficient (Wildman–Crippen LogP) is 5.55. The lowest BCUT2D eigenvalue weighted by Crippen LogP contribution is -2.50. The molecule has 1 aliphatic carbocycles. The average Bonchev–Trinajstić information content (AvgIpc) is 2.98. The third-order valence-corrected chi connectivity index (χ3v) is 6.30. The molecule has 5 heteroatoms. The van der Waals surface area contributed by atoms with Crippen molar-refractivity contribution in [3.63, 3.8) is 0 Å². The van der Waals surface area contributed by atoms with E-state index in [1.807, 2.05) is 10.6 Å². The predicted molar refractivity (Wildman–Crippen MR) is 104 cm³/mol. The van der Waals surface area contributed by atoms with Gasteiger partial charge in [0, 0.05) is 33.8 Å². The molecule has 1 spiro atoms. The molecule has 2 heterocycles.